The Labute approximate surface area is 249 Å². The van der Waals surface area contributed by atoms with Crippen molar-refractivity contribution in [1.29, 1.82) is 0 Å². The lowest BCUT2D eigenvalue weighted by Crippen LogP contribution is -2.54. The number of aromatic nitrogens is 7. The van der Waals surface area contributed by atoms with Gasteiger partial charge in [-0.25, -0.2) is 19.0 Å². The third kappa shape index (κ3) is 5.46. The number of aldehydes is 1. The fourth-order valence-corrected chi connectivity index (χ4v) is 6.05. The number of hydrogen-bond acceptors (Lipinski definition) is 10. The Hall–Kier alpha value is -4.68. The molecule has 1 fully saturated rings. The monoisotopic (exact) mass is 585 g/mol. The number of aromatic amines is 1. The van der Waals surface area contributed by atoms with Crippen LogP contribution >= 0.6 is 0 Å². The van der Waals surface area contributed by atoms with E-state index in [1.165, 1.54) is 10.9 Å². The number of aryl methyl sites for hydroxylation is 2. The average molecular weight is 586 g/mol. The van der Waals surface area contributed by atoms with E-state index in [2.05, 4.69) is 56.2 Å². The summed E-state index contributed by atoms with van der Waals surface area (Å²) < 4.78 is 14.9. The molecule has 6 heterocycles. The van der Waals surface area contributed by atoms with Crippen LogP contribution in [0.15, 0.2) is 47.8 Å². The van der Waals surface area contributed by atoms with Crippen LogP contribution in [0.1, 0.15) is 56.6 Å². The number of pyridine rings is 1. The van der Waals surface area contributed by atoms with Crippen molar-refractivity contribution in [3.63, 3.8) is 0 Å². The Morgan fingerprint density at radius 2 is 1.88 bits per heavy atom. The molecule has 0 radical (unpaired) electrons. The van der Waals surface area contributed by atoms with E-state index in [0.717, 1.165) is 35.3 Å². The molecule has 12 nitrogen and oxygen atoms in total. The van der Waals surface area contributed by atoms with Gasteiger partial charge >= 0.3 is 0 Å². The van der Waals surface area contributed by atoms with Crippen molar-refractivity contribution in [3.8, 4) is 5.82 Å². The highest BCUT2D eigenvalue weighted by Crippen LogP contribution is 2.42. The van der Waals surface area contributed by atoms with Crippen LogP contribution in [-0.2, 0) is 4.79 Å². The van der Waals surface area contributed by atoms with Crippen molar-refractivity contribution in [2.24, 2.45) is 10.9 Å². The van der Waals surface area contributed by atoms with Crippen LogP contribution < -0.4 is 10.2 Å². The minimum absolute atomic E-state index is 0.126. The van der Waals surface area contributed by atoms with E-state index < -0.39 is 17.4 Å². The first-order valence-electron chi connectivity index (χ1n) is 14.6. The van der Waals surface area contributed by atoms with Gasteiger partial charge < -0.3 is 19.9 Å². The number of carbonyl (C=O) groups excluding carboxylic acids is 1. The summed E-state index contributed by atoms with van der Waals surface area (Å²) in [4.78, 5) is 36.4. The number of halogens is 1. The van der Waals surface area contributed by atoms with Crippen molar-refractivity contribution in [1.82, 2.24) is 39.8 Å². The number of amidine groups is 1. The van der Waals surface area contributed by atoms with Gasteiger partial charge in [0.15, 0.2) is 17.5 Å². The highest BCUT2D eigenvalue weighted by molar-refractivity contribution is 5.91. The summed E-state index contributed by atoms with van der Waals surface area (Å²) in [7, 11) is 0. The molecule has 13 heteroatoms. The molecule has 0 bridgehead atoms. The molecule has 2 aliphatic heterocycles. The number of piperidine rings is 1. The number of rotatable bonds is 8. The van der Waals surface area contributed by atoms with E-state index >= 15 is 0 Å². The zero-order valence-corrected chi connectivity index (χ0v) is 25.0. The lowest BCUT2D eigenvalue weighted by molar-refractivity contribution is -0.113. The predicted octanol–water partition coefficient (Wildman–Crippen LogP) is 4.32. The SMILES string of the molecule is Cc1cc(Nc2cc(C)[nH]n2)nc(N2CCC3(CC2)N=C(C(C)C)N(C(C)c2ccc(-n4cc(F)cn4)nc2)[C@@H]3C=O)n1. The van der Waals surface area contributed by atoms with Crippen molar-refractivity contribution >= 4 is 29.7 Å². The summed E-state index contributed by atoms with van der Waals surface area (Å²) in [5.74, 6) is 3.17. The first-order chi connectivity index (χ1) is 20.7. The molecule has 0 aromatic carbocycles. The Morgan fingerprint density at radius 3 is 2.49 bits per heavy atom. The number of carbonyl (C=O) groups is 1. The quantitative estimate of drug-likeness (QED) is 0.290. The second-order valence-electron chi connectivity index (χ2n) is 11.7. The number of aliphatic imine (C=N–C) groups is 1. The average Bonchev–Trinajstić information content (AvgIpc) is 3.69. The number of anilines is 3. The number of H-pyrrole nitrogens is 1. The standard InChI is InChI=1S/C30H36FN11O/c1-18(2)28-37-30(24(17-43)42(28)21(5)22-6-7-27(32-14-22)41-16-23(31)15-33-41)8-10-40(11-9-30)29-34-19(3)12-25(36-29)35-26-13-20(4)38-39-26/h6-7,12-18,21,24H,8-11H2,1-5H3,(H2,34,35,36,38,39)/t21?,24-/m1/s1. The molecule has 0 saturated carbocycles. The van der Waals surface area contributed by atoms with Gasteiger partial charge in [-0.05, 0) is 45.2 Å². The van der Waals surface area contributed by atoms with Gasteiger partial charge in [-0.3, -0.25) is 10.1 Å². The lowest BCUT2D eigenvalue weighted by atomic mass is 9.81. The van der Waals surface area contributed by atoms with Gasteiger partial charge in [-0.15, -0.1) is 0 Å². The molecule has 0 aliphatic carbocycles. The van der Waals surface area contributed by atoms with Crippen molar-refractivity contribution < 1.29 is 9.18 Å². The van der Waals surface area contributed by atoms with E-state index in [9.17, 15) is 9.18 Å². The smallest absolute Gasteiger partial charge is 0.227 e. The lowest BCUT2D eigenvalue weighted by Gasteiger charge is -2.42. The van der Waals surface area contributed by atoms with Crippen molar-refractivity contribution in [3.05, 3.63) is 65.6 Å². The molecule has 1 spiro atoms. The Bertz CT molecular complexity index is 1640. The largest absolute Gasteiger partial charge is 0.341 e. The van der Waals surface area contributed by atoms with Crippen LogP contribution in [0, 0.1) is 25.6 Å². The summed E-state index contributed by atoms with van der Waals surface area (Å²) in [6.07, 6.45) is 6.63. The van der Waals surface area contributed by atoms with Gasteiger partial charge in [0.25, 0.3) is 0 Å². The second kappa shape index (κ2) is 11.2. The Kier molecular flexibility index (Phi) is 7.40. The van der Waals surface area contributed by atoms with Crippen molar-refractivity contribution in [2.75, 3.05) is 23.3 Å². The molecule has 4 aromatic heterocycles. The van der Waals surface area contributed by atoms with Gasteiger partial charge in [-0.2, -0.15) is 15.2 Å². The first kappa shape index (κ1) is 28.4. The van der Waals surface area contributed by atoms with Crippen LogP contribution in [0.2, 0.25) is 0 Å². The highest BCUT2D eigenvalue weighted by Gasteiger charge is 2.52. The van der Waals surface area contributed by atoms with Crippen LogP contribution in [-0.4, -0.2) is 76.6 Å². The first-order valence-corrected chi connectivity index (χ1v) is 14.6. The molecular weight excluding hydrogens is 549 g/mol. The second-order valence-corrected chi connectivity index (χ2v) is 11.7. The molecule has 224 valence electrons. The number of nitrogens with one attached hydrogen (secondary N) is 2. The minimum Gasteiger partial charge on any atom is -0.341 e. The summed E-state index contributed by atoms with van der Waals surface area (Å²) in [5, 5.41) is 14.4. The van der Waals surface area contributed by atoms with Gasteiger partial charge in [0, 0.05) is 48.7 Å². The Morgan fingerprint density at radius 1 is 1.09 bits per heavy atom. The van der Waals surface area contributed by atoms with Gasteiger partial charge in [-0.1, -0.05) is 19.9 Å². The summed E-state index contributed by atoms with van der Waals surface area (Å²) >= 11 is 0. The molecule has 0 amide bonds. The van der Waals surface area contributed by atoms with Crippen LogP contribution in [0.5, 0.6) is 0 Å². The molecule has 1 saturated heterocycles. The van der Waals surface area contributed by atoms with Crippen molar-refractivity contribution in [2.45, 2.75) is 65.1 Å². The summed E-state index contributed by atoms with van der Waals surface area (Å²) in [5.41, 5.74) is 2.21. The minimum atomic E-state index is -0.538. The molecule has 4 aromatic rings. The fourth-order valence-electron chi connectivity index (χ4n) is 6.05. The molecule has 1 unspecified atom stereocenters. The van der Waals surface area contributed by atoms with E-state index in [4.69, 9.17) is 15.0 Å². The topological polar surface area (TPSA) is 133 Å². The van der Waals surface area contributed by atoms with Crippen LogP contribution in [0.3, 0.4) is 0 Å². The van der Waals surface area contributed by atoms with Gasteiger partial charge in [0.05, 0.1) is 24.0 Å². The highest BCUT2D eigenvalue weighted by atomic mass is 19.1. The van der Waals surface area contributed by atoms with Crippen LogP contribution in [0.4, 0.5) is 22.0 Å². The van der Waals surface area contributed by atoms with E-state index in [1.54, 1.807) is 6.20 Å². The Balaban J connectivity index is 1.21. The summed E-state index contributed by atoms with van der Waals surface area (Å²) in [6, 6.07) is 7.01. The number of hydrogen-bond donors (Lipinski definition) is 2. The maximum Gasteiger partial charge on any atom is 0.227 e. The van der Waals surface area contributed by atoms with E-state index in [1.807, 2.05) is 38.1 Å². The fraction of sp³-hybridized carbons (Fsp3) is 0.433. The zero-order valence-electron chi connectivity index (χ0n) is 25.0. The maximum absolute atomic E-state index is 13.5. The maximum atomic E-state index is 13.5. The number of nitrogens with zero attached hydrogens (tertiary/aromatic N) is 9. The molecule has 6 rings (SSSR count). The van der Waals surface area contributed by atoms with E-state index in [0.29, 0.717) is 49.3 Å². The summed E-state index contributed by atoms with van der Waals surface area (Å²) in [6.45, 7) is 11.5. The third-order valence-electron chi connectivity index (χ3n) is 8.27. The van der Waals surface area contributed by atoms with Gasteiger partial charge in [0.2, 0.25) is 5.95 Å². The molecule has 2 atom stereocenters. The predicted molar refractivity (Wildman–Crippen MR) is 161 cm³/mol. The third-order valence-corrected chi connectivity index (χ3v) is 8.27. The van der Waals surface area contributed by atoms with Gasteiger partial charge in [0.1, 0.15) is 24.0 Å². The molecule has 2 N–H and O–H groups in total. The molecular formula is C30H36FN11O. The molecule has 2 aliphatic rings. The normalized spacial score (nSPS) is 18.8. The van der Waals surface area contributed by atoms with Crippen LogP contribution in [0.25, 0.3) is 5.82 Å². The zero-order chi connectivity index (χ0) is 30.3. The molecule has 43 heavy (non-hydrogen) atoms. The van der Waals surface area contributed by atoms with E-state index in [-0.39, 0.29) is 12.0 Å².